The van der Waals surface area contributed by atoms with Crippen LogP contribution in [0.15, 0.2) is 24.4 Å². The Morgan fingerprint density at radius 3 is 2.87 bits per heavy atom. The Hall–Kier alpha value is 1.87. The molecular weight excluding hydrogens is 646 g/mol. The molecule has 0 aliphatic carbocycles. The van der Waals surface area contributed by atoms with Crippen molar-refractivity contribution < 1.29 is 22.6 Å². The molecule has 6 heteroatoms. The van der Waals surface area contributed by atoms with Gasteiger partial charge in [-0.15, -0.1) is 0 Å². The van der Waals surface area contributed by atoms with E-state index in [0.29, 0.717) is 19.4 Å². The van der Waals surface area contributed by atoms with Crippen LogP contribution in [-0.4, -0.2) is 10.5 Å². The Morgan fingerprint density at radius 1 is 1.47 bits per heavy atom. The van der Waals surface area contributed by atoms with Crippen molar-refractivity contribution in [3.8, 4) is 5.88 Å². The molecule has 0 bridgehead atoms. The summed E-state index contributed by atoms with van der Waals surface area (Å²) in [6.07, 6.45) is 3.61. The minimum atomic E-state index is 0.410. The number of hydrogen-bond acceptors (Lipinski definition) is 1. The molecular formula is C9H11I4NO. The van der Waals surface area contributed by atoms with E-state index in [0.717, 1.165) is 23.3 Å². The van der Waals surface area contributed by atoms with E-state index in [2.05, 4.69) is 70.6 Å². The van der Waals surface area contributed by atoms with Gasteiger partial charge in [0.15, 0.2) is 12.7 Å². The van der Waals surface area contributed by atoms with E-state index in [9.17, 15) is 0 Å². The fourth-order valence-electron chi connectivity index (χ4n) is 1.37. The van der Waals surface area contributed by atoms with Crippen LogP contribution >= 0.6 is 59.8 Å². The van der Waals surface area contributed by atoms with Gasteiger partial charge in [-0.2, -0.15) is 4.57 Å². The van der Waals surface area contributed by atoms with E-state index in [1.165, 1.54) is 0 Å². The Kier molecular flexibility index (Phi) is 8.85. The Morgan fingerprint density at radius 2 is 2.20 bits per heavy atom. The van der Waals surface area contributed by atoms with Crippen molar-refractivity contribution in [3.63, 3.8) is 0 Å². The minimum absolute atomic E-state index is 0.410. The van der Waals surface area contributed by atoms with Crippen LogP contribution in [0.3, 0.4) is 0 Å². The molecule has 1 aromatic heterocycles. The van der Waals surface area contributed by atoms with Crippen LogP contribution in [0, 0.1) is 0 Å². The van der Waals surface area contributed by atoms with E-state index in [1.807, 2.05) is 18.2 Å². The van der Waals surface area contributed by atoms with Crippen LogP contribution in [0.4, 0.5) is 0 Å². The molecule has 2 rings (SSSR count). The third kappa shape index (κ3) is 5.36. The molecule has 0 aromatic carbocycles. The van der Waals surface area contributed by atoms with Gasteiger partial charge in [0.2, 0.25) is 0 Å². The van der Waals surface area contributed by atoms with Crippen molar-refractivity contribution >= 4 is 59.8 Å². The number of pyridine rings is 1. The summed E-state index contributed by atoms with van der Waals surface area (Å²) in [5.41, 5.74) is 0. The molecule has 1 unspecified atom stereocenters. The third-order valence-electron chi connectivity index (χ3n) is 2.05. The van der Waals surface area contributed by atoms with Gasteiger partial charge in [0.05, 0.1) is 6.07 Å². The number of ether oxygens (including phenoxy) is 1. The number of rotatable bonds is 1. The van der Waals surface area contributed by atoms with E-state index >= 15 is 0 Å². The molecule has 15 heavy (non-hydrogen) atoms. The topological polar surface area (TPSA) is 13.1 Å². The molecule has 0 radical (unpaired) electrons. The van der Waals surface area contributed by atoms with E-state index < -0.39 is 0 Å². The van der Waals surface area contributed by atoms with Crippen molar-refractivity contribution in [2.75, 3.05) is 4.43 Å². The molecule has 86 valence electrons. The first-order chi connectivity index (χ1) is 7.31. The first-order valence-corrected chi connectivity index (χ1v) is 18.5. The predicted molar refractivity (Wildman–Crippen MR) is 82.6 cm³/mol. The maximum absolute atomic E-state index is 5.74. The van der Waals surface area contributed by atoms with Gasteiger partial charge in [-0.25, -0.2) is 0 Å². The number of aromatic nitrogens is 1. The zero-order chi connectivity index (χ0) is 11.1. The molecule has 0 amide bonds. The van der Waals surface area contributed by atoms with Gasteiger partial charge in [-0.05, 0) is 6.07 Å². The van der Waals surface area contributed by atoms with Gasteiger partial charge in [0, 0.05) is 16.9 Å². The van der Waals surface area contributed by atoms with Gasteiger partial charge in [0.1, 0.15) is 6.10 Å². The summed E-state index contributed by atoms with van der Waals surface area (Å²) < 4.78 is 8.97. The van der Waals surface area contributed by atoms with Crippen molar-refractivity contribution in [1.29, 1.82) is 0 Å². The third-order valence-corrected chi connectivity index (χ3v) is 3.03. The maximum atomic E-state index is 5.74. The van der Waals surface area contributed by atoms with Gasteiger partial charge in [0.25, 0.3) is 0 Å². The van der Waals surface area contributed by atoms with Gasteiger partial charge < -0.3 is 4.74 Å². The van der Waals surface area contributed by atoms with Gasteiger partial charge >= 0.3 is 56.4 Å². The Bertz CT molecular complexity index is 297. The van der Waals surface area contributed by atoms with Crippen LogP contribution in [0.5, 0.6) is 5.88 Å². The summed E-state index contributed by atoms with van der Waals surface area (Å²) in [7, 11) is 0. The quantitative estimate of drug-likeness (QED) is 0.242. The van der Waals surface area contributed by atoms with Crippen molar-refractivity contribution in [1.82, 2.24) is 0 Å². The fraction of sp³-hybridized carbons (Fsp3) is 0.444. The van der Waals surface area contributed by atoms with E-state index in [4.69, 9.17) is 4.74 Å². The zero-order valence-electron chi connectivity index (χ0n) is 7.88. The molecule has 0 N–H and O–H groups in total. The van der Waals surface area contributed by atoms with Gasteiger partial charge in [-0.1, -0.05) is 22.6 Å². The molecule has 0 fully saturated rings. The van der Waals surface area contributed by atoms with Gasteiger partial charge in [-0.3, -0.25) is 0 Å². The number of fused-ring (bicyclic) bond motifs is 1. The van der Waals surface area contributed by atoms with Crippen LogP contribution in [0.25, 0.3) is 0 Å². The first kappa shape index (κ1) is 14.9. The van der Waals surface area contributed by atoms with Crippen molar-refractivity contribution in [3.05, 3.63) is 24.4 Å². The monoisotopic (exact) mass is 657 g/mol. The van der Waals surface area contributed by atoms with Crippen LogP contribution in [-0.2, 0) is 6.54 Å². The fourth-order valence-corrected chi connectivity index (χ4v) is 1.99. The van der Waals surface area contributed by atoms with Crippen LogP contribution < -0.4 is 22.6 Å². The molecule has 2 nitrogen and oxygen atoms in total. The van der Waals surface area contributed by atoms with Crippen molar-refractivity contribution in [2.45, 2.75) is 19.1 Å². The first-order valence-electron chi connectivity index (χ1n) is 4.40. The second kappa shape index (κ2) is 8.89. The average molecular weight is 657 g/mol. The second-order valence-corrected chi connectivity index (χ2v) is 20.1. The SMILES string of the molecule is ICC1CC[n+]2ccccc2O1.I[I-]I. The zero-order valence-corrected chi connectivity index (χ0v) is 16.5. The number of nitrogens with zero attached hydrogens (tertiary/aromatic N) is 1. The number of alkyl halides is 1. The summed E-state index contributed by atoms with van der Waals surface area (Å²) >= 11 is 7.67. The summed E-state index contributed by atoms with van der Waals surface area (Å²) in [6, 6.07) is 6.08. The molecule has 2 heterocycles. The average Bonchev–Trinajstić information content (AvgIpc) is 2.29. The second-order valence-electron chi connectivity index (χ2n) is 2.97. The molecule has 0 saturated carbocycles. The summed E-state index contributed by atoms with van der Waals surface area (Å²) in [5.74, 6) is 1.01. The standard InChI is InChI=1S/C9H11INO.I3/c10-7-8-4-6-11-5-2-1-3-9(11)12-8;1-3-2/h1-3,5,8H,4,6-7H2;/q+1;-1. The number of hydrogen-bond donors (Lipinski definition) is 0. The Balaban J connectivity index is 0.000000337. The van der Waals surface area contributed by atoms with Crippen LogP contribution in [0.2, 0.25) is 0 Å². The molecule has 0 spiro atoms. The normalized spacial score (nSPS) is 18.5. The number of halogens is 4. The molecule has 1 aliphatic heterocycles. The molecule has 0 saturated heterocycles. The molecule has 1 aromatic rings. The summed E-state index contributed by atoms with van der Waals surface area (Å²) in [6.45, 7) is 1.09. The molecule has 1 atom stereocenters. The predicted octanol–water partition coefficient (Wildman–Crippen LogP) is 0.336. The van der Waals surface area contributed by atoms with E-state index in [1.54, 1.807) is 0 Å². The summed E-state index contributed by atoms with van der Waals surface area (Å²) in [5, 5.41) is 0. The molecule has 1 aliphatic rings. The van der Waals surface area contributed by atoms with Crippen LogP contribution in [0.1, 0.15) is 6.42 Å². The van der Waals surface area contributed by atoms with E-state index in [-0.39, 0.29) is 0 Å². The van der Waals surface area contributed by atoms with Crippen molar-refractivity contribution in [2.24, 2.45) is 0 Å². The number of aryl methyl sites for hydroxylation is 1. The summed E-state index contributed by atoms with van der Waals surface area (Å²) in [4.78, 5) is 0. The Labute approximate surface area is 134 Å².